The fourth-order valence-corrected chi connectivity index (χ4v) is 8.08. The molecule has 0 amide bonds. The first-order chi connectivity index (χ1) is 15.8. The highest BCUT2D eigenvalue weighted by Crippen LogP contribution is 2.68. The van der Waals surface area contributed by atoms with E-state index in [1.807, 2.05) is 0 Å². The summed E-state index contributed by atoms with van der Waals surface area (Å²) < 4.78 is 0. The number of hydrogen-bond acceptors (Lipinski definition) is 3. The van der Waals surface area contributed by atoms with Crippen molar-refractivity contribution in [2.45, 2.75) is 83.0 Å². The van der Waals surface area contributed by atoms with Gasteiger partial charge in [-0.15, -0.1) is 0 Å². The van der Waals surface area contributed by atoms with Gasteiger partial charge in [-0.3, -0.25) is 9.97 Å². The van der Waals surface area contributed by atoms with Crippen LogP contribution < -0.4 is 0 Å². The van der Waals surface area contributed by atoms with Gasteiger partial charge in [-0.2, -0.15) is 0 Å². The molecule has 3 aromatic heterocycles. The van der Waals surface area contributed by atoms with Crippen LogP contribution in [0.4, 0.5) is 0 Å². The highest BCUT2D eigenvalue weighted by molar-refractivity contribution is 5.65. The van der Waals surface area contributed by atoms with Crippen molar-refractivity contribution in [3.05, 3.63) is 65.0 Å². The molecule has 4 aliphatic carbocycles. The predicted molar refractivity (Wildman–Crippen MR) is 132 cm³/mol. The van der Waals surface area contributed by atoms with Gasteiger partial charge in [0.05, 0.1) is 22.8 Å². The zero-order valence-corrected chi connectivity index (χ0v) is 20.4. The molecule has 3 aromatic rings. The van der Waals surface area contributed by atoms with E-state index in [0.29, 0.717) is 17.3 Å². The molecule has 2 unspecified atom stereocenters. The monoisotopic (exact) mass is 435 g/mol. The Morgan fingerprint density at radius 3 is 2.03 bits per heavy atom. The predicted octanol–water partition coefficient (Wildman–Crippen LogP) is 7.17. The first-order valence-electron chi connectivity index (χ1n) is 12.8. The van der Waals surface area contributed by atoms with Crippen LogP contribution >= 0.6 is 0 Å². The second-order valence-corrected chi connectivity index (χ2v) is 12.0. The number of hydrogen-bond donors (Lipinski definition) is 0. The molecule has 3 heteroatoms. The van der Waals surface area contributed by atoms with Gasteiger partial charge in [0, 0.05) is 34.1 Å². The van der Waals surface area contributed by atoms with Gasteiger partial charge >= 0.3 is 0 Å². The fourth-order valence-electron chi connectivity index (χ4n) is 8.08. The summed E-state index contributed by atoms with van der Waals surface area (Å²) in [5, 5.41) is 0. The number of aromatic nitrogens is 3. The second kappa shape index (κ2) is 6.11. The summed E-state index contributed by atoms with van der Waals surface area (Å²) in [6.07, 6.45) is 5.08. The maximum atomic E-state index is 5.20. The molecule has 0 saturated heterocycles. The Morgan fingerprint density at radius 1 is 0.758 bits per heavy atom. The van der Waals surface area contributed by atoms with Crippen LogP contribution in [0.2, 0.25) is 0 Å². The fraction of sp³-hybridized carbons (Fsp3) is 0.500. The Balaban J connectivity index is 1.25. The summed E-state index contributed by atoms with van der Waals surface area (Å²) in [4.78, 5) is 15.3. The zero-order chi connectivity index (χ0) is 22.8. The lowest BCUT2D eigenvalue weighted by atomic mass is 9.41. The molecule has 33 heavy (non-hydrogen) atoms. The summed E-state index contributed by atoms with van der Waals surface area (Å²) >= 11 is 0. The van der Waals surface area contributed by atoms with Crippen LogP contribution in [-0.4, -0.2) is 15.0 Å². The maximum absolute atomic E-state index is 5.20. The molecule has 7 rings (SSSR count). The van der Waals surface area contributed by atoms with Gasteiger partial charge in [-0.1, -0.05) is 59.2 Å². The van der Waals surface area contributed by atoms with E-state index in [9.17, 15) is 0 Å². The molecule has 0 radical (unpaired) electrons. The molecule has 4 aliphatic rings. The largest absolute Gasteiger partial charge is 0.251 e. The summed E-state index contributed by atoms with van der Waals surface area (Å²) in [5.74, 6) is 2.01. The average Bonchev–Trinajstić information content (AvgIpc) is 3.16. The summed E-state index contributed by atoms with van der Waals surface area (Å²) in [5.41, 5.74) is 10.3. The number of rotatable bonds is 3. The average molecular weight is 436 g/mol. The first kappa shape index (κ1) is 19.9. The Hall–Kier alpha value is -2.55. The minimum Gasteiger partial charge on any atom is -0.251 e. The summed E-state index contributed by atoms with van der Waals surface area (Å²) in [6, 6.07) is 15.3. The van der Waals surface area contributed by atoms with E-state index >= 15 is 0 Å². The van der Waals surface area contributed by atoms with Crippen LogP contribution in [0.25, 0.3) is 22.8 Å². The van der Waals surface area contributed by atoms with Crippen molar-refractivity contribution in [2.75, 3.05) is 0 Å². The minimum absolute atomic E-state index is 0.246. The third-order valence-electron chi connectivity index (χ3n) is 10.8. The lowest BCUT2D eigenvalue weighted by molar-refractivity contribution is 0.0528. The SMILES string of the molecule is CCC1CC2c3nc(-c4cccc(-c5ccc6c(n5)[C@H]5CC[C@]6(C)C5(C)C)n4)ccc3[C@]12C. The molecular formula is C30H33N3. The second-order valence-electron chi connectivity index (χ2n) is 12.0. The maximum Gasteiger partial charge on any atom is 0.0894 e. The van der Waals surface area contributed by atoms with E-state index in [4.69, 9.17) is 15.0 Å². The van der Waals surface area contributed by atoms with Crippen molar-refractivity contribution < 1.29 is 0 Å². The molecule has 3 nitrogen and oxygen atoms in total. The van der Waals surface area contributed by atoms with Crippen LogP contribution in [-0.2, 0) is 10.8 Å². The van der Waals surface area contributed by atoms with Crippen molar-refractivity contribution in [2.24, 2.45) is 11.3 Å². The number of fused-ring (bicyclic) bond motifs is 9. The van der Waals surface area contributed by atoms with Gasteiger partial charge in [0.15, 0.2) is 0 Å². The molecule has 2 fully saturated rings. The van der Waals surface area contributed by atoms with E-state index in [0.717, 1.165) is 28.7 Å². The highest BCUT2D eigenvalue weighted by Gasteiger charge is 2.61. The topological polar surface area (TPSA) is 38.7 Å². The third-order valence-corrected chi connectivity index (χ3v) is 10.8. The van der Waals surface area contributed by atoms with Crippen LogP contribution in [0.1, 0.15) is 94.7 Å². The van der Waals surface area contributed by atoms with Gasteiger partial charge in [-0.25, -0.2) is 4.98 Å². The molecule has 0 N–H and O–H groups in total. The zero-order valence-electron chi connectivity index (χ0n) is 20.4. The summed E-state index contributed by atoms with van der Waals surface area (Å²) in [7, 11) is 0. The standard InChI is InChI=1S/C30H33N3/c1-6-17-16-21-27-20(30(17,21)5)11-13-25(33-27)23-9-7-8-22(31-23)24-12-10-19-26(32-24)18-14-15-29(19,4)28(18,2)3/h7-13,17-18,21H,6,14-16H2,1-5H3/t17?,18-,21?,29+,30+/m1/s1. The minimum atomic E-state index is 0.246. The van der Waals surface area contributed by atoms with E-state index < -0.39 is 0 Å². The van der Waals surface area contributed by atoms with Crippen molar-refractivity contribution >= 4 is 0 Å². The third kappa shape index (κ3) is 2.20. The van der Waals surface area contributed by atoms with Crippen LogP contribution in [0, 0.1) is 11.3 Å². The molecule has 0 spiro atoms. The van der Waals surface area contributed by atoms with Crippen LogP contribution in [0.15, 0.2) is 42.5 Å². The van der Waals surface area contributed by atoms with Crippen molar-refractivity contribution in [1.29, 1.82) is 0 Å². The Bertz CT molecular complexity index is 1320. The van der Waals surface area contributed by atoms with Crippen LogP contribution in [0.3, 0.4) is 0 Å². The normalized spacial score (nSPS) is 34.2. The van der Waals surface area contributed by atoms with Crippen LogP contribution in [0.5, 0.6) is 0 Å². The van der Waals surface area contributed by atoms with Gasteiger partial charge in [0.25, 0.3) is 0 Å². The van der Waals surface area contributed by atoms with E-state index in [1.54, 1.807) is 0 Å². The molecule has 0 aliphatic heterocycles. The van der Waals surface area contributed by atoms with Crippen molar-refractivity contribution in [3.63, 3.8) is 0 Å². The lowest BCUT2D eigenvalue weighted by Crippen LogP contribution is -2.57. The number of pyridine rings is 3. The molecular weight excluding hydrogens is 402 g/mol. The van der Waals surface area contributed by atoms with Gasteiger partial charge in [0.2, 0.25) is 0 Å². The smallest absolute Gasteiger partial charge is 0.0894 e. The Kier molecular flexibility index (Phi) is 3.68. The van der Waals surface area contributed by atoms with Crippen molar-refractivity contribution in [3.8, 4) is 22.8 Å². The molecule has 3 heterocycles. The highest BCUT2D eigenvalue weighted by atomic mass is 14.9. The molecule has 5 atom stereocenters. The van der Waals surface area contributed by atoms with E-state index in [-0.39, 0.29) is 10.8 Å². The molecule has 2 saturated carbocycles. The van der Waals surface area contributed by atoms with E-state index in [2.05, 4.69) is 77.1 Å². The number of nitrogens with zero attached hydrogens (tertiary/aromatic N) is 3. The molecule has 2 bridgehead atoms. The van der Waals surface area contributed by atoms with Gasteiger partial charge in [-0.05, 0) is 66.0 Å². The first-order valence-corrected chi connectivity index (χ1v) is 12.8. The van der Waals surface area contributed by atoms with E-state index in [1.165, 1.54) is 48.2 Å². The Labute approximate surface area is 197 Å². The van der Waals surface area contributed by atoms with Gasteiger partial charge in [0.1, 0.15) is 0 Å². The lowest BCUT2D eigenvalue weighted by Gasteiger charge is -2.62. The quantitative estimate of drug-likeness (QED) is 0.438. The Morgan fingerprint density at radius 2 is 1.36 bits per heavy atom. The van der Waals surface area contributed by atoms with Gasteiger partial charge < -0.3 is 0 Å². The molecule has 0 aromatic carbocycles. The molecule has 168 valence electrons. The van der Waals surface area contributed by atoms with Crippen molar-refractivity contribution in [1.82, 2.24) is 15.0 Å². The summed E-state index contributed by atoms with van der Waals surface area (Å²) in [6.45, 7) is 12.0.